The van der Waals surface area contributed by atoms with Gasteiger partial charge < -0.3 is 10.3 Å². The molecule has 1 aromatic heterocycles. The van der Waals surface area contributed by atoms with Crippen LogP contribution in [0.5, 0.6) is 0 Å². The van der Waals surface area contributed by atoms with Crippen molar-refractivity contribution in [2.45, 2.75) is 19.3 Å². The molecule has 0 bridgehead atoms. The third-order valence-electron chi connectivity index (χ3n) is 4.67. The zero-order valence-corrected chi connectivity index (χ0v) is 14.3. The molecule has 0 radical (unpaired) electrons. The normalized spacial score (nSPS) is 13.6. The molecule has 1 aliphatic rings. The number of nitrogens with one attached hydrogen (secondary N) is 2. The Morgan fingerprint density at radius 1 is 1.12 bits per heavy atom. The van der Waals surface area contributed by atoms with Gasteiger partial charge in [-0.25, -0.2) is 0 Å². The van der Waals surface area contributed by atoms with Crippen LogP contribution in [0.3, 0.4) is 0 Å². The van der Waals surface area contributed by atoms with Crippen molar-refractivity contribution in [3.8, 4) is 0 Å². The van der Waals surface area contributed by atoms with Crippen molar-refractivity contribution in [2.75, 3.05) is 6.54 Å². The Hall–Kier alpha value is -2.59. The van der Waals surface area contributed by atoms with Gasteiger partial charge in [-0.15, -0.1) is 0 Å². The maximum absolute atomic E-state index is 12.8. The lowest BCUT2D eigenvalue weighted by molar-refractivity contribution is 0.0955. The predicted octanol–water partition coefficient (Wildman–Crippen LogP) is 3.92. The Morgan fingerprint density at radius 2 is 1.92 bits per heavy atom. The van der Waals surface area contributed by atoms with Gasteiger partial charge in [-0.2, -0.15) is 0 Å². The number of amides is 1. The molecular formula is C20H17ClN2O2. The first-order chi connectivity index (χ1) is 12.1. The van der Waals surface area contributed by atoms with E-state index in [1.165, 1.54) is 0 Å². The lowest BCUT2D eigenvalue weighted by Gasteiger charge is -2.04. The van der Waals surface area contributed by atoms with Gasteiger partial charge in [-0.05, 0) is 48.2 Å². The number of H-pyrrole nitrogens is 1. The molecule has 1 amide bonds. The summed E-state index contributed by atoms with van der Waals surface area (Å²) in [5.41, 5.74) is 4.15. The second kappa shape index (κ2) is 6.37. The number of aromatic nitrogens is 1. The van der Waals surface area contributed by atoms with Crippen molar-refractivity contribution >= 4 is 34.2 Å². The fourth-order valence-electron chi connectivity index (χ4n) is 3.42. The summed E-state index contributed by atoms with van der Waals surface area (Å²) in [4.78, 5) is 28.2. The predicted molar refractivity (Wildman–Crippen MR) is 98.4 cm³/mol. The standard InChI is InChI=1S/C20H17ClN2O2/c21-13-7-4-12(5-8-13)6-9-17(24)19-14-10-11-22-20(25)15-2-1-3-16(23-19)18(14)15/h1-5,7-8,23H,6,9-11H2,(H,22,25). The molecular weight excluding hydrogens is 336 g/mol. The molecule has 126 valence electrons. The molecule has 3 aromatic rings. The molecule has 2 heterocycles. The summed E-state index contributed by atoms with van der Waals surface area (Å²) in [5, 5.41) is 4.46. The minimum Gasteiger partial charge on any atom is -0.352 e. The Kier molecular flexibility index (Phi) is 4.06. The Bertz CT molecular complexity index is 973. The van der Waals surface area contributed by atoms with Crippen LogP contribution in [0.25, 0.3) is 10.9 Å². The first-order valence-corrected chi connectivity index (χ1v) is 8.70. The van der Waals surface area contributed by atoms with Gasteiger partial charge in [-0.3, -0.25) is 9.59 Å². The monoisotopic (exact) mass is 352 g/mol. The minimum absolute atomic E-state index is 0.0708. The Labute approximate surface area is 150 Å². The summed E-state index contributed by atoms with van der Waals surface area (Å²) in [7, 11) is 0. The van der Waals surface area contributed by atoms with Crippen LogP contribution in [-0.2, 0) is 12.8 Å². The zero-order valence-electron chi connectivity index (χ0n) is 13.6. The van der Waals surface area contributed by atoms with Gasteiger partial charge in [0, 0.05) is 34.5 Å². The molecule has 2 N–H and O–H groups in total. The molecule has 0 saturated heterocycles. The average molecular weight is 353 g/mol. The number of carbonyl (C=O) groups is 2. The third kappa shape index (κ3) is 2.94. The number of hydrogen-bond acceptors (Lipinski definition) is 2. The highest BCUT2D eigenvalue weighted by Crippen LogP contribution is 2.29. The summed E-state index contributed by atoms with van der Waals surface area (Å²) >= 11 is 5.90. The van der Waals surface area contributed by atoms with Crippen LogP contribution in [0.1, 0.15) is 38.4 Å². The lowest BCUT2D eigenvalue weighted by atomic mass is 9.99. The van der Waals surface area contributed by atoms with Crippen LogP contribution >= 0.6 is 11.6 Å². The van der Waals surface area contributed by atoms with Crippen LogP contribution in [0.4, 0.5) is 0 Å². The van der Waals surface area contributed by atoms with E-state index in [1.54, 1.807) is 0 Å². The second-order valence-electron chi connectivity index (χ2n) is 6.26. The quantitative estimate of drug-likeness (QED) is 0.699. The van der Waals surface area contributed by atoms with Crippen molar-refractivity contribution in [3.05, 3.63) is 69.9 Å². The summed E-state index contributed by atoms with van der Waals surface area (Å²) in [5.74, 6) is -0.00929. The molecule has 0 unspecified atom stereocenters. The second-order valence-corrected chi connectivity index (χ2v) is 6.70. The number of benzene rings is 2. The van der Waals surface area contributed by atoms with Crippen molar-refractivity contribution in [1.82, 2.24) is 10.3 Å². The molecule has 25 heavy (non-hydrogen) atoms. The van der Waals surface area contributed by atoms with Crippen molar-refractivity contribution in [3.63, 3.8) is 0 Å². The molecule has 1 aliphatic heterocycles. The largest absolute Gasteiger partial charge is 0.352 e. The molecule has 0 atom stereocenters. The van der Waals surface area contributed by atoms with Crippen molar-refractivity contribution in [1.29, 1.82) is 0 Å². The van der Waals surface area contributed by atoms with E-state index in [0.29, 0.717) is 42.1 Å². The van der Waals surface area contributed by atoms with E-state index in [0.717, 1.165) is 22.0 Å². The van der Waals surface area contributed by atoms with E-state index in [2.05, 4.69) is 10.3 Å². The maximum Gasteiger partial charge on any atom is 0.251 e. The smallest absolute Gasteiger partial charge is 0.251 e. The van der Waals surface area contributed by atoms with Crippen molar-refractivity contribution in [2.24, 2.45) is 0 Å². The van der Waals surface area contributed by atoms with Crippen molar-refractivity contribution < 1.29 is 9.59 Å². The minimum atomic E-state index is -0.0801. The van der Waals surface area contributed by atoms with Crippen LogP contribution in [0.15, 0.2) is 42.5 Å². The molecule has 4 nitrogen and oxygen atoms in total. The van der Waals surface area contributed by atoms with Gasteiger partial charge in [0.2, 0.25) is 0 Å². The summed E-state index contributed by atoms with van der Waals surface area (Å²) < 4.78 is 0. The highest BCUT2D eigenvalue weighted by Gasteiger charge is 2.24. The van der Waals surface area contributed by atoms with E-state index in [-0.39, 0.29) is 11.7 Å². The van der Waals surface area contributed by atoms with Crippen LogP contribution in [0, 0.1) is 0 Å². The Balaban J connectivity index is 1.65. The van der Waals surface area contributed by atoms with Gasteiger partial charge in [-0.1, -0.05) is 29.8 Å². The number of aryl methyl sites for hydroxylation is 1. The van der Waals surface area contributed by atoms with E-state index in [1.807, 2.05) is 42.5 Å². The maximum atomic E-state index is 12.8. The first-order valence-electron chi connectivity index (χ1n) is 8.33. The average Bonchev–Trinajstić information content (AvgIpc) is 2.90. The van der Waals surface area contributed by atoms with Gasteiger partial charge in [0.1, 0.15) is 0 Å². The first kappa shape index (κ1) is 15.9. The van der Waals surface area contributed by atoms with E-state index in [9.17, 15) is 9.59 Å². The zero-order chi connectivity index (χ0) is 17.4. The van der Waals surface area contributed by atoms with Crippen LogP contribution in [-0.4, -0.2) is 23.2 Å². The highest BCUT2D eigenvalue weighted by atomic mass is 35.5. The van der Waals surface area contributed by atoms with Gasteiger partial charge >= 0.3 is 0 Å². The molecule has 0 fully saturated rings. The summed E-state index contributed by atoms with van der Waals surface area (Å²) in [6.45, 7) is 0.540. The number of rotatable bonds is 4. The third-order valence-corrected chi connectivity index (χ3v) is 4.92. The number of ketones is 1. The lowest BCUT2D eigenvalue weighted by Crippen LogP contribution is -2.23. The fourth-order valence-corrected chi connectivity index (χ4v) is 3.55. The Morgan fingerprint density at radius 3 is 2.72 bits per heavy atom. The highest BCUT2D eigenvalue weighted by molar-refractivity contribution is 6.30. The topological polar surface area (TPSA) is 62.0 Å². The van der Waals surface area contributed by atoms with Gasteiger partial charge in [0.15, 0.2) is 5.78 Å². The number of hydrogen-bond donors (Lipinski definition) is 2. The van der Waals surface area contributed by atoms with Crippen LogP contribution in [0.2, 0.25) is 5.02 Å². The molecule has 0 saturated carbocycles. The SMILES string of the molecule is O=C(CCc1ccc(Cl)cc1)c1[nH]c2cccc3c2c1CCNC3=O. The summed E-state index contributed by atoms with van der Waals surface area (Å²) in [6.07, 6.45) is 1.73. The van der Waals surface area contributed by atoms with E-state index < -0.39 is 0 Å². The van der Waals surface area contributed by atoms with Gasteiger partial charge in [0.05, 0.1) is 5.69 Å². The molecule has 5 heteroatoms. The fraction of sp³-hybridized carbons (Fsp3) is 0.200. The van der Waals surface area contributed by atoms with E-state index in [4.69, 9.17) is 11.6 Å². The molecule has 4 rings (SSSR count). The van der Waals surface area contributed by atoms with Crippen LogP contribution < -0.4 is 5.32 Å². The van der Waals surface area contributed by atoms with Gasteiger partial charge in [0.25, 0.3) is 5.91 Å². The summed E-state index contributed by atoms with van der Waals surface area (Å²) in [6, 6.07) is 13.1. The molecule has 0 aliphatic carbocycles. The number of carbonyl (C=O) groups excluding carboxylic acids is 2. The number of halogens is 1. The molecule has 2 aromatic carbocycles. The number of aromatic amines is 1. The molecule has 0 spiro atoms. The van der Waals surface area contributed by atoms with E-state index >= 15 is 0 Å². The number of Topliss-reactive ketones (excluding diaryl/α,β-unsaturated/α-hetero) is 1.